The van der Waals surface area contributed by atoms with Crippen molar-refractivity contribution in [3.05, 3.63) is 94.8 Å². The van der Waals surface area contributed by atoms with Crippen LogP contribution in [-0.4, -0.2) is 54.7 Å². The van der Waals surface area contributed by atoms with E-state index < -0.39 is 11.9 Å². The SMILES string of the molecule is O=C(c1ccc(N2CCN([C@@H]3CC(=O)N(c4ccc(F)cc4)C3=O)CC2)cc1)c1cccc(Cl)c1. The molecule has 0 unspecified atom stereocenters. The van der Waals surface area contributed by atoms with Crippen molar-refractivity contribution in [3.8, 4) is 0 Å². The molecule has 3 aromatic rings. The van der Waals surface area contributed by atoms with Gasteiger partial charge in [-0.2, -0.15) is 0 Å². The lowest BCUT2D eigenvalue weighted by molar-refractivity contribution is -0.123. The van der Waals surface area contributed by atoms with Crippen LogP contribution in [-0.2, 0) is 9.59 Å². The average Bonchev–Trinajstić information content (AvgIpc) is 3.18. The van der Waals surface area contributed by atoms with Gasteiger partial charge in [-0.05, 0) is 60.7 Å². The van der Waals surface area contributed by atoms with E-state index in [9.17, 15) is 18.8 Å². The zero-order valence-corrected chi connectivity index (χ0v) is 19.6. The number of halogens is 2. The molecular formula is C27H23ClFN3O3. The number of imide groups is 1. The van der Waals surface area contributed by atoms with Crippen LogP contribution in [0.2, 0.25) is 5.02 Å². The molecule has 2 heterocycles. The number of piperazine rings is 1. The maximum Gasteiger partial charge on any atom is 0.251 e. The van der Waals surface area contributed by atoms with Gasteiger partial charge in [-0.15, -0.1) is 0 Å². The Balaban J connectivity index is 1.21. The van der Waals surface area contributed by atoms with Crippen LogP contribution in [0.15, 0.2) is 72.8 Å². The molecule has 2 fully saturated rings. The molecule has 5 rings (SSSR count). The van der Waals surface area contributed by atoms with Crippen LogP contribution in [0.1, 0.15) is 22.3 Å². The lowest BCUT2D eigenvalue weighted by atomic mass is 10.0. The van der Waals surface area contributed by atoms with Crippen molar-refractivity contribution in [2.24, 2.45) is 0 Å². The molecule has 3 aromatic carbocycles. The third kappa shape index (κ3) is 4.70. The van der Waals surface area contributed by atoms with E-state index in [1.807, 2.05) is 29.2 Å². The fourth-order valence-corrected chi connectivity index (χ4v) is 4.86. The molecule has 0 spiro atoms. The summed E-state index contributed by atoms with van der Waals surface area (Å²) >= 11 is 6.00. The van der Waals surface area contributed by atoms with E-state index in [1.54, 1.807) is 24.3 Å². The minimum atomic E-state index is -0.507. The molecule has 2 amide bonds. The van der Waals surface area contributed by atoms with E-state index in [2.05, 4.69) is 4.90 Å². The quantitative estimate of drug-likeness (QED) is 0.396. The summed E-state index contributed by atoms with van der Waals surface area (Å²) in [4.78, 5) is 43.7. The molecule has 0 aromatic heterocycles. The number of amides is 2. The van der Waals surface area contributed by atoms with Gasteiger partial charge in [0.1, 0.15) is 5.82 Å². The maximum atomic E-state index is 13.2. The number of rotatable bonds is 5. The first-order valence-corrected chi connectivity index (χ1v) is 11.8. The number of carbonyl (C=O) groups excluding carboxylic acids is 3. The van der Waals surface area contributed by atoms with Crippen molar-refractivity contribution in [2.45, 2.75) is 12.5 Å². The van der Waals surface area contributed by atoms with Crippen LogP contribution in [0.4, 0.5) is 15.8 Å². The zero-order valence-electron chi connectivity index (χ0n) is 18.9. The Kier molecular flexibility index (Phi) is 6.36. The number of anilines is 2. The molecule has 6 nitrogen and oxygen atoms in total. The summed E-state index contributed by atoms with van der Waals surface area (Å²) in [5.41, 5.74) is 2.53. The van der Waals surface area contributed by atoms with Crippen molar-refractivity contribution in [1.29, 1.82) is 0 Å². The first-order chi connectivity index (χ1) is 16.9. The molecule has 8 heteroatoms. The van der Waals surface area contributed by atoms with Gasteiger partial charge in [0.25, 0.3) is 5.91 Å². The van der Waals surface area contributed by atoms with E-state index in [0.717, 1.165) is 10.6 Å². The molecule has 0 bridgehead atoms. The van der Waals surface area contributed by atoms with E-state index in [1.165, 1.54) is 24.3 Å². The molecule has 35 heavy (non-hydrogen) atoms. The summed E-state index contributed by atoms with van der Waals surface area (Å²) < 4.78 is 13.2. The summed E-state index contributed by atoms with van der Waals surface area (Å²) in [6.45, 7) is 2.64. The minimum Gasteiger partial charge on any atom is -0.369 e. The Hall–Kier alpha value is -3.55. The monoisotopic (exact) mass is 491 g/mol. The second-order valence-electron chi connectivity index (χ2n) is 8.67. The Morgan fingerprint density at radius 2 is 1.49 bits per heavy atom. The molecule has 0 radical (unpaired) electrons. The number of hydrogen-bond acceptors (Lipinski definition) is 5. The van der Waals surface area contributed by atoms with Gasteiger partial charge < -0.3 is 4.90 Å². The van der Waals surface area contributed by atoms with Gasteiger partial charge in [-0.25, -0.2) is 9.29 Å². The van der Waals surface area contributed by atoms with Gasteiger partial charge in [0, 0.05) is 48.0 Å². The Morgan fingerprint density at radius 3 is 2.14 bits per heavy atom. The third-order valence-corrected chi connectivity index (χ3v) is 6.78. The van der Waals surface area contributed by atoms with Crippen molar-refractivity contribution in [1.82, 2.24) is 4.90 Å². The fourth-order valence-electron chi connectivity index (χ4n) is 4.67. The highest BCUT2D eigenvalue weighted by atomic mass is 35.5. The lowest BCUT2D eigenvalue weighted by Crippen LogP contribution is -2.52. The third-order valence-electron chi connectivity index (χ3n) is 6.54. The molecule has 1 atom stereocenters. The summed E-state index contributed by atoms with van der Waals surface area (Å²) in [5, 5.41) is 0.522. The largest absolute Gasteiger partial charge is 0.369 e. The highest BCUT2D eigenvalue weighted by Gasteiger charge is 2.43. The van der Waals surface area contributed by atoms with Crippen LogP contribution >= 0.6 is 11.6 Å². The van der Waals surface area contributed by atoms with Crippen LogP contribution in [0.3, 0.4) is 0 Å². The summed E-state index contributed by atoms with van der Waals surface area (Å²) in [6, 6.07) is 19.2. The second-order valence-corrected chi connectivity index (χ2v) is 9.11. The van der Waals surface area contributed by atoms with Crippen molar-refractivity contribution >= 4 is 40.6 Å². The van der Waals surface area contributed by atoms with Crippen molar-refractivity contribution in [2.75, 3.05) is 36.0 Å². The summed E-state index contributed by atoms with van der Waals surface area (Å²) in [7, 11) is 0. The highest BCUT2D eigenvalue weighted by molar-refractivity contribution is 6.31. The van der Waals surface area contributed by atoms with Gasteiger partial charge in [0.15, 0.2) is 5.78 Å². The number of carbonyl (C=O) groups is 3. The van der Waals surface area contributed by atoms with Crippen LogP contribution in [0.25, 0.3) is 0 Å². The normalized spacial score (nSPS) is 18.9. The first kappa shape index (κ1) is 23.2. The Labute approximate surface area is 207 Å². The molecule has 2 aliphatic rings. The van der Waals surface area contributed by atoms with Crippen molar-refractivity contribution in [3.63, 3.8) is 0 Å². The zero-order chi connectivity index (χ0) is 24.5. The molecule has 0 aliphatic carbocycles. The fraction of sp³-hybridized carbons (Fsp3) is 0.222. The van der Waals surface area contributed by atoms with E-state index in [4.69, 9.17) is 11.6 Å². The smallest absolute Gasteiger partial charge is 0.251 e. The predicted octanol–water partition coefficient (Wildman–Crippen LogP) is 4.16. The Morgan fingerprint density at radius 1 is 0.829 bits per heavy atom. The molecule has 2 saturated heterocycles. The standard InChI is InChI=1S/C27H23ClFN3O3/c28-20-3-1-2-19(16-20)26(34)18-4-8-22(9-5-18)30-12-14-31(15-13-30)24-17-25(33)32(27(24)35)23-10-6-21(29)7-11-23/h1-11,16,24H,12-15,17H2/t24-/m1/s1. The number of ketones is 1. The van der Waals surface area contributed by atoms with Gasteiger partial charge >= 0.3 is 0 Å². The van der Waals surface area contributed by atoms with Crippen molar-refractivity contribution < 1.29 is 18.8 Å². The Bertz CT molecular complexity index is 1270. The molecule has 178 valence electrons. The molecular weight excluding hydrogens is 469 g/mol. The van der Waals surface area contributed by atoms with Crippen LogP contribution in [0.5, 0.6) is 0 Å². The van der Waals surface area contributed by atoms with Crippen LogP contribution < -0.4 is 9.80 Å². The van der Waals surface area contributed by atoms with Gasteiger partial charge in [0.2, 0.25) is 5.91 Å². The highest BCUT2D eigenvalue weighted by Crippen LogP contribution is 2.27. The van der Waals surface area contributed by atoms with E-state index >= 15 is 0 Å². The summed E-state index contributed by atoms with van der Waals surface area (Å²) in [5.74, 6) is -1.03. The molecule has 0 saturated carbocycles. The number of nitrogens with zero attached hydrogens (tertiary/aromatic N) is 3. The topological polar surface area (TPSA) is 60.9 Å². The summed E-state index contributed by atoms with van der Waals surface area (Å²) in [6.07, 6.45) is 0.122. The van der Waals surface area contributed by atoms with E-state index in [0.29, 0.717) is 48.0 Å². The number of benzene rings is 3. The molecule has 2 aliphatic heterocycles. The lowest BCUT2D eigenvalue weighted by Gasteiger charge is -2.38. The average molecular weight is 492 g/mol. The van der Waals surface area contributed by atoms with Gasteiger partial charge in [-0.1, -0.05) is 23.7 Å². The van der Waals surface area contributed by atoms with E-state index in [-0.39, 0.29) is 24.0 Å². The minimum absolute atomic E-state index is 0.0843. The number of hydrogen-bond donors (Lipinski definition) is 0. The van der Waals surface area contributed by atoms with Gasteiger partial charge in [0.05, 0.1) is 18.2 Å². The van der Waals surface area contributed by atoms with Gasteiger partial charge in [-0.3, -0.25) is 19.3 Å². The molecule has 0 N–H and O–H groups in total. The first-order valence-electron chi connectivity index (χ1n) is 11.4. The predicted molar refractivity (Wildman–Crippen MR) is 132 cm³/mol. The van der Waals surface area contributed by atoms with Crippen LogP contribution in [0, 0.1) is 5.82 Å². The maximum absolute atomic E-state index is 13.2. The second kappa shape index (κ2) is 9.60.